The Morgan fingerprint density at radius 2 is 1.90 bits per heavy atom. The summed E-state index contributed by atoms with van der Waals surface area (Å²) in [5, 5.41) is 8.59. The number of ether oxygens (including phenoxy) is 1. The van der Waals surface area contributed by atoms with Crippen LogP contribution in [0, 0.1) is 12.7 Å². The van der Waals surface area contributed by atoms with Gasteiger partial charge >= 0.3 is 0 Å². The van der Waals surface area contributed by atoms with Crippen LogP contribution in [0.3, 0.4) is 0 Å². The van der Waals surface area contributed by atoms with Gasteiger partial charge < -0.3 is 9.72 Å². The van der Waals surface area contributed by atoms with E-state index in [0.29, 0.717) is 28.6 Å². The number of rotatable bonds is 6. The van der Waals surface area contributed by atoms with Gasteiger partial charge in [0.25, 0.3) is 5.91 Å². The van der Waals surface area contributed by atoms with Crippen LogP contribution in [0.2, 0.25) is 0 Å². The van der Waals surface area contributed by atoms with Crippen molar-refractivity contribution in [2.45, 2.75) is 6.92 Å². The number of aromatic nitrogens is 3. The molecule has 2 aromatic heterocycles. The van der Waals surface area contributed by atoms with Gasteiger partial charge in [0.1, 0.15) is 17.3 Å². The SMILES string of the molecule is Cc1nn(-c2ccccc2)c(Oc2ccc(F)cc2)c1/C=N\NC(=O)c1ccc[nH]1. The van der Waals surface area contributed by atoms with Crippen LogP contribution in [0.25, 0.3) is 5.69 Å². The van der Waals surface area contributed by atoms with E-state index in [4.69, 9.17) is 4.74 Å². The molecule has 4 rings (SSSR count). The number of amides is 1. The minimum atomic E-state index is -0.370. The van der Waals surface area contributed by atoms with Crippen LogP contribution < -0.4 is 10.2 Å². The van der Waals surface area contributed by atoms with Crippen LogP contribution in [0.4, 0.5) is 4.39 Å². The number of nitrogens with one attached hydrogen (secondary N) is 2. The highest BCUT2D eigenvalue weighted by molar-refractivity contribution is 5.93. The van der Waals surface area contributed by atoms with Crippen LogP contribution in [-0.2, 0) is 0 Å². The van der Waals surface area contributed by atoms with Crippen molar-refractivity contribution >= 4 is 12.1 Å². The van der Waals surface area contributed by atoms with E-state index in [2.05, 4.69) is 20.6 Å². The molecule has 0 bridgehead atoms. The first kappa shape index (κ1) is 19.1. The molecule has 0 aliphatic rings. The van der Waals surface area contributed by atoms with Crippen LogP contribution in [0.5, 0.6) is 11.6 Å². The van der Waals surface area contributed by atoms with E-state index in [-0.39, 0.29) is 11.7 Å². The van der Waals surface area contributed by atoms with Crippen molar-refractivity contribution in [2.75, 3.05) is 0 Å². The van der Waals surface area contributed by atoms with E-state index in [1.165, 1.54) is 30.5 Å². The standard InChI is InChI=1S/C22H18FN5O2/c1-15-19(14-25-26-21(29)20-8-5-13-24-20)22(30-18-11-9-16(23)10-12-18)28(27-15)17-6-3-2-4-7-17/h2-14,24H,1H3,(H,26,29)/b25-14-. The molecule has 0 saturated carbocycles. The number of nitrogens with zero attached hydrogens (tertiary/aromatic N) is 3. The highest BCUT2D eigenvalue weighted by atomic mass is 19.1. The number of aromatic amines is 1. The Labute approximate surface area is 171 Å². The third-order valence-electron chi connectivity index (χ3n) is 4.29. The predicted octanol–water partition coefficient (Wildman–Crippen LogP) is 4.20. The lowest BCUT2D eigenvalue weighted by Crippen LogP contribution is -2.17. The molecule has 2 N–H and O–H groups in total. The normalized spacial score (nSPS) is 11.0. The van der Waals surface area contributed by atoms with Gasteiger partial charge in [-0.05, 0) is 55.5 Å². The summed E-state index contributed by atoms with van der Waals surface area (Å²) in [4.78, 5) is 14.9. The lowest BCUT2D eigenvalue weighted by Gasteiger charge is -2.10. The van der Waals surface area contributed by atoms with Gasteiger partial charge in [0, 0.05) is 6.20 Å². The van der Waals surface area contributed by atoms with Gasteiger partial charge in [-0.1, -0.05) is 18.2 Å². The van der Waals surface area contributed by atoms with Crippen molar-refractivity contribution in [1.82, 2.24) is 20.2 Å². The quantitative estimate of drug-likeness (QED) is 0.374. The summed E-state index contributed by atoms with van der Waals surface area (Å²) < 4.78 is 20.9. The second-order valence-corrected chi connectivity index (χ2v) is 6.39. The van der Waals surface area contributed by atoms with Crippen LogP contribution >= 0.6 is 0 Å². The first-order valence-corrected chi connectivity index (χ1v) is 9.17. The maximum absolute atomic E-state index is 13.3. The third-order valence-corrected chi connectivity index (χ3v) is 4.29. The molecule has 0 fully saturated rings. The van der Waals surface area contributed by atoms with Gasteiger partial charge in [0.15, 0.2) is 0 Å². The van der Waals surface area contributed by atoms with E-state index in [0.717, 1.165) is 5.69 Å². The first-order chi connectivity index (χ1) is 14.6. The van der Waals surface area contributed by atoms with Gasteiger partial charge in [-0.25, -0.2) is 9.82 Å². The monoisotopic (exact) mass is 403 g/mol. The molecule has 1 amide bonds. The molecule has 30 heavy (non-hydrogen) atoms. The first-order valence-electron chi connectivity index (χ1n) is 9.17. The minimum absolute atomic E-state index is 0.357. The van der Waals surface area contributed by atoms with Crippen molar-refractivity contribution in [1.29, 1.82) is 0 Å². The molecular weight excluding hydrogens is 385 g/mol. The Morgan fingerprint density at radius 3 is 2.60 bits per heavy atom. The molecule has 2 aromatic carbocycles. The molecule has 2 heterocycles. The van der Waals surface area contributed by atoms with E-state index in [1.807, 2.05) is 37.3 Å². The van der Waals surface area contributed by atoms with Crippen LogP contribution in [0.15, 0.2) is 78.0 Å². The average molecular weight is 403 g/mol. The van der Waals surface area contributed by atoms with Gasteiger partial charge in [-0.2, -0.15) is 14.9 Å². The molecule has 7 nitrogen and oxygen atoms in total. The molecule has 0 atom stereocenters. The smallest absolute Gasteiger partial charge is 0.287 e. The van der Waals surface area contributed by atoms with E-state index < -0.39 is 0 Å². The van der Waals surface area contributed by atoms with Gasteiger partial charge in [-0.15, -0.1) is 0 Å². The number of H-pyrrole nitrogens is 1. The maximum Gasteiger partial charge on any atom is 0.287 e. The Hall–Kier alpha value is -4.20. The summed E-state index contributed by atoms with van der Waals surface area (Å²) >= 11 is 0. The van der Waals surface area contributed by atoms with Gasteiger partial charge in [-0.3, -0.25) is 4.79 Å². The van der Waals surface area contributed by atoms with E-state index >= 15 is 0 Å². The summed E-state index contributed by atoms with van der Waals surface area (Å²) in [7, 11) is 0. The topological polar surface area (TPSA) is 84.3 Å². The largest absolute Gasteiger partial charge is 0.438 e. The maximum atomic E-state index is 13.3. The minimum Gasteiger partial charge on any atom is -0.438 e. The fourth-order valence-corrected chi connectivity index (χ4v) is 2.81. The number of hydrogen-bond acceptors (Lipinski definition) is 4. The molecule has 0 spiro atoms. The average Bonchev–Trinajstić information content (AvgIpc) is 3.40. The summed E-state index contributed by atoms with van der Waals surface area (Å²) in [6, 6.07) is 18.5. The van der Waals surface area contributed by atoms with Gasteiger partial charge in [0.2, 0.25) is 5.88 Å². The van der Waals surface area contributed by atoms with Crippen molar-refractivity contribution < 1.29 is 13.9 Å². The van der Waals surface area contributed by atoms with Crippen molar-refractivity contribution in [2.24, 2.45) is 5.10 Å². The Kier molecular flexibility index (Phi) is 5.38. The molecule has 0 aliphatic carbocycles. The summed E-state index contributed by atoms with van der Waals surface area (Å²) in [6.45, 7) is 1.81. The fraction of sp³-hybridized carbons (Fsp3) is 0.0455. The van der Waals surface area contributed by atoms with E-state index in [1.54, 1.807) is 23.0 Å². The molecule has 0 unspecified atom stereocenters. The summed E-state index contributed by atoms with van der Waals surface area (Å²) in [5.74, 6) is 0.107. The number of aryl methyl sites for hydroxylation is 1. The number of para-hydroxylation sites is 1. The van der Waals surface area contributed by atoms with Crippen LogP contribution in [0.1, 0.15) is 21.7 Å². The zero-order valence-corrected chi connectivity index (χ0v) is 16.0. The summed E-state index contributed by atoms with van der Waals surface area (Å²) in [6.07, 6.45) is 3.13. The lowest BCUT2D eigenvalue weighted by atomic mass is 10.2. The predicted molar refractivity (Wildman–Crippen MR) is 111 cm³/mol. The van der Waals surface area contributed by atoms with Crippen LogP contribution in [-0.4, -0.2) is 26.9 Å². The zero-order valence-electron chi connectivity index (χ0n) is 16.0. The Morgan fingerprint density at radius 1 is 1.13 bits per heavy atom. The number of halogens is 1. The third kappa shape index (κ3) is 4.12. The molecule has 0 saturated heterocycles. The molecule has 0 aliphatic heterocycles. The zero-order chi connectivity index (χ0) is 20.9. The lowest BCUT2D eigenvalue weighted by molar-refractivity contribution is 0.0950. The number of benzene rings is 2. The number of hydrazone groups is 1. The molecular formula is C22H18FN5O2. The molecule has 0 radical (unpaired) electrons. The molecule has 150 valence electrons. The highest BCUT2D eigenvalue weighted by Gasteiger charge is 2.18. The highest BCUT2D eigenvalue weighted by Crippen LogP contribution is 2.29. The Balaban J connectivity index is 1.68. The van der Waals surface area contributed by atoms with Crippen molar-refractivity contribution in [3.63, 3.8) is 0 Å². The molecule has 8 heteroatoms. The second-order valence-electron chi connectivity index (χ2n) is 6.39. The van der Waals surface area contributed by atoms with Crippen molar-refractivity contribution in [3.8, 4) is 17.3 Å². The number of carbonyl (C=O) groups is 1. The summed E-state index contributed by atoms with van der Waals surface area (Å²) in [5.41, 5.74) is 4.87. The fourth-order valence-electron chi connectivity index (χ4n) is 2.81. The Bertz CT molecular complexity index is 1170. The number of carbonyl (C=O) groups excluding carboxylic acids is 1. The number of hydrogen-bond donors (Lipinski definition) is 2. The van der Waals surface area contributed by atoms with Crippen molar-refractivity contribution in [3.05, 3.63) is 95.7 Å². The van der Waals surface area contributed by atoms with Gasteiger partial charge in [0.05, 0.1) is 23.2 Å². The van der Waals surface area contributed by atoms with E-state index in [9.17, 15) is 9.18 Å². The second kappa shape index (κ2) is 8.44. The molecule has 4 aromatic rings.